The Morgan fingerprint density at radius 2 is 1.10 bits per heavy atom. The molecule has 2 unspecified atom stereocenters. The number of allylic oxidation sites excluding steroid dienone is 8. The maximum Gasteiger partial charge on any atom is 0.328 e. The van der Waals surface area contributed by atoms with Crippen LogP contribution in [0.3, 0.4) is 0 Å². The molecule has 0 aliphatic heterocycles. The first-order valence-corrected chi connectivity index (χ1v) is 20.5. The molecule has 0 aromatic rings. The van der Waals surface area contributed by atoms with Crippen LogP contribution >= 0.6 is 0 Å². The van der Waals surface area contributed by atoms with Crippen LogP contribution in [0, 0.1) is 0 Å². The minimum absolute atomic E-state index is 0.0841. The molecule has 2 amide bonds. The minimum Gasteiger partial charge on any atom is -0.480 e. The summed E-state index contributed by atoms with van der Waals surface area (Å²) in [5.41, 5.74) is 0. The van der Waals surface area contributed by atoms with Gasteiger partial charge in [0.05, 0.1) is 13.2 Å². The van der Waals surface area contributed by atoms with Gasteiger partial charge in [-0.25, -0.2) is 4.79 Å². The van der Waals surface area contributed by atoms with Crippen LogP contribution in [0.5, 0.6) is 0 Å². The summed E-state index contributed by atoms with van der Waals surface area (Å²) in [7, 11) is 0. The molecule has 0 radical (unpaired) electrons. The van der Waals surface area contributed by atoms with Crippen molar-refractivity contribution in [1.82, 2.24) is 10.6 Å². The van der Waals surface area contributed by atoms with Crippen molar-refractivity contribution in [3.05, 3.63) is 48.6 Å². The van der Waals surface area contributed by atoms with Gasteiger partial charge in [-0.1, -0.05) is 133 Å². The van der Waals surface area contributed by atoms with Crippen molar-refractivity contribution in [2.75, 3.05) is 13.2 Å². The number of aliphatic carboxylic acids is 1. The van der Waals surface area contributed by atoms with Crippen LogP contribution in [-0.2, 0) is 23.9 Å². The predicted molar refractivity (Wildman–Crippen MR) is 213 cm³/mol. The van der Waals surface area contributed by atoms with E-state index in [-0.39, 0.29) is 30.9 Å². The van der Waals surface area contributed by atoms with Crippen LogP contribution in [0.25, 0.3) is 0 Å². The highest BCUT2D eigenvalue weighted by Crippen LogP contribution is 2.17. The molecule has 4 N–H and O–H groups in total. The first-order chi connectivity index (χ1) is 25.3. The number of ether oxygens (including phenoxy) is 1. The molecule has 9 heteroatoms. The molecule has 0 heterocycles. The molecule has 0 aliphatic carbocycles. The molecule has 298 valence electrons. The summed E-state index contributed by atoms with van der Waals surface area (Å²) in [6.45, 7) is 3.25. The van der Waals surface area contributed by atoms with Gasteiger partial charge in [0, 0.05) is 12.8 Å². The second kappa shape index (κ2) is 37.6. The van der Waals surface area contributed by atoms with Crippen molar-refractivity contribution in [3.63, 3.8) is 0 Å². The molecule has 0 aromatic heterocycles. The highest BCUT2D eigenvalue weighted by molar-refractivity contribution is 5.87. The van der Waals surface area contributed by atoms with Gasteiger partial charge >= 0.3 is 11.9 Å². The van der Waals surface area contributed by atoms with Gasteiger partial charge in [0.15, 0.2) is 0 Å². The third-order valence-corrected chi connectivity index (χ3v) is 8.84. The van der Waals surface area contributed by atoms with Crippen molar-refractivity contribution >= 4 is 23.8 Å². The van der Waals surface area contributed by atoms with E-state index in [1.807, 2.05) is 0 Å². The van der Waals surface area contributed by atoms with Crippen LogP contribution in [0.1, 0.15) is 174 Å². The molecule has 9 nitrogen and oxygen atoms in total. The molecule has 0 saturated heterocycles. The second-order valence-corrected chi connectivity index (χ2v) is 13.7. The SMILES string of the molecule is CC/C=C\C/C=C\C/C=C\C/C=C\CCCCCCCCCCCCC(=O)OC(CCCCC)CCCCCC(=O)NCC(=O)NC(CO)C(=O)O. The van der Waals surface area contributed by atoms with Crippen molar-refractivity contribution in [1.29, 1.82) is 0 Å². The summed E-state index contributed by atoms with van der Waals surface area (Å²) >= 11 is 0. The van der Waals surface area contributed by atoms with Gasteiger partial charge in [-0.05, 0) is 77.0 Å². The predicted octanol–water partition coefficient (Wildman–Crippen LogP) is 9.59. The summed E-state index contributed by atoms with van der Waals surface area (Å²) < 4.78 is 5.86. The Morgan fingerprint density at radius 1 is 0.596 bits per heavy atom. The number of hydrogen-bond acceptors (Lipinski definition) is 6. The van der Waals surface area contributed by atoms with Gasteiger partial charge in [0.1, 0.15) is 12.1 Å². The van der Waals surface area contributed by atoms with Gasteiger partial charge in [-0.3, -0.25) is 14.4 Å². The van der Waals surface area contributed by atoms with Crippen LogP contribution < -0.4 is 10.6 Å². The number of nitrogens with one attached hydrogen (secondary N) is 2. The number of unbranched alkanes of at least 4 members (excludes halogenated alkanes) is 14. The molecule has 2 atom stereocenters. The fourth-order valence-corrected chi connectivity index (χ4v) is 5.70. The summed E-state index contributed by atoms with van der Waals surface area (Å²) in [6.07, 6.45) is 43.3. The van der Waals surface area contributed by atoms with Crippen LogP contribution in [0.15, 0.2) is 48.6 Å². The van der Waals surface area contributed by atoms with Gasteiger partial charge in [-0.2, -0.15) is 0 Å². The molecular formula is C43H74N2O7. The highest BCUT2D eigenvalue weighted by atomic mass is 16.5. The first kappa shape index (κ1) is 48.8. The average molecular weight is 731 g/mol. The molecule has 0 bridgehead atoms. The van der Waals surface area contributed by atoms with Crippen molar-refractivity contribution < 1.29 is 34.1 Å². The number of hydrogen-bond donors (Lipinski definition) is 4. The molecule has 0 aromatic carbocycles. The van der Waals surface area contributed by atoms with E-state index in [9.17, 15) is 19.2 Å². The molecule has 0 spiro atoms. The number of aliphatic hydroxyl groups is 1. The number of carbonyl (C=O) groups excluding carboxylic acids is 3. The van der Waals surface area contributed by atoms with E-state index in [1.165, 1.54) is 57.8 Å². The molecule has 0 fully saturated rings. The monoisotopic (exact) mass is 731 g/mol. The highest BCUT2D eigenvalue weighted by Gasteiger charge is 2.19. The third kappa shape index (κ3) is 33.9. The van der Waals surface area contributed by atoms with E-state index in [0.29, 0.717) is 12.8 Å². The van der Waals surface area contributed by atoms with Crippen LogP contribution in [0.2, 0.25) is 0 Å². The van der Waals surface area contributed by atoms with E-state index >= 15 is 0 Å². The lowest BCUT2D eigenvalue weighted by atomic mass is 10.0. The Labute approximate surface area is 316 Å². The van der Waals surface area contributed by atoms with E-state index < -0.39 is 24.5 Å². The average Bonchev–Trinajstić information content (AvgIpc) is 3.12. The zero-order valence-electron chi connectivity index (χ0n) is 32.8. The number of carboxylic acid groups (broad SMARTS) is 1. The zero-order valence-corrected chi connectivity index (χ0v) is 32.8. The van der Waals surface area contributed by atoms with Crippen molar-refractivity contribution in [2.24, 2.45) is 0 Å². The van der Waals surface area contributed by atoms with Crippen molar-refractivity contribution in [3.8, 4) is 0 Å². The number of aliphatic hydroxyl groups excluding tert-OH is 1. The van der Waals surface area contributed by atoms with Gasteiger partial charge in [-0.15, -0.1) is 0 Å². The van der Waals surface area contributed by atoms with Crippen molar-refractivity contribution in [2.45, 2.75) is 187 Å². The van der Waals surface area contributed by atoms with E-state index in [4.69, 9.17) is 14.9 Å². The standard InChI is InChI=1S/C43H74N2O7/c1-3-5-7-8-9-10-11-12-13-14-15-16-17-18-19-20-21-22-23-24-25-26-31-35-42(49)52-38(32-28-6-4-2)33-29-27-30-34-40(47)44-36-41(48)45-39(37-46)43(50)51/h5,7,9-10,12-13,15-16,38-39,46H,3-4,6,8,11,14,17-37H2,1-2H3,(H,44,47)(H,45,48)(H,50,51)/b7-5-,10-9-,13-12-,16-15-. The summed E-state index contributed by atoms with van der Waals surface area (Å²) in [5.74, 6) is -2.40. The van der Waals surface area contributed by atoms with E-state index in [2.05, 4.69) is 73.1 Å². The van der Waals surface area contributed by atoms with E-state index in [1.54, 1.807) is 0 Å². The smallest absolute Gasteiger partial charge is 0.328 e. The molecule has 52 heavy (non-hydrogen) atoms. The number of amides is 2. The quantitative estimate of drug-likeness (QED) is 0.0286. The Morgan fingerprint density at radius 3 is 1.65 bits per heavy atom. The maximum atomic E-state index is 12.6. The van der Waals surface area contributed by atoms with E-state index in [0.717, 1.165) is 83.5 Å². The lowest BCUT2D eigenvalue weighted by Crippen LogP contribution is -2.47. The maximum absolute atomic E-state index is 12.6. The zero-order chi connectivity index (χ0) is 38.3. The fourth-order valence-electron chi connectivity index (χ4n) is 5.70. The Kier molecular flexibility index (Phi) is 35.2. The Bertz CT molecular complexity index is 1020. The number of carbonyl (C=O) groups is 4. The second-order valence-electron chi connectivity index (χ2n) is 13.7. The number of rotatable bonds is 36. The lowest BCUT2D eigenvalue weighted by molar-refractivity contribution is -0.150. The molecule has 0 saturated carbocycles. The minimum atomic E-state index is -1.39. The normalized spacial score (nSPS) is 13.0. The number of carboxylic acids is 1. The molecular weight excluding hydrogens is 656 g/mol. The topological polar surface area (TPSA) is 142 Å². The van der Waals surface area contributed by atoms with Crippen LogP contribution in [0.4, 0.5) is 0 Å². The lowest BCUT2D eigenvalue weighted by Gasteiger charge is -2.18. The first-order valence-electron chi connectivity index (χ1n) is 20.5. The summed E-state index contributed by atoms with van der Waals surface area (Å²) in [6, 6.07) is -1.39. The summed E-state index contributed by atoms with van der Waals surface area (Å²) in [5, 5.41) is 22.5. The third-order valence-electron chi connectivity index (χ3n) is 8.84. The Balaban J connectivity index is 3.87. The Hall–Kier alpha value is -3.20. The number of esters is 1. The van der Waals surface area contributed by atoms with Gasteiger partial charge in [0.2, 0.25) is 11.8 Å². The summed E-state index contributed by atoms with van der Waals surface area (Å²) in [4.78, 5) is 47.3. The van der Waals surface area contributed by atoms with Crippen LogP contribution in [-0.4, -0.2) is 59.3 Å². The fraction of sp³-hybridized carbons (Fsp3) is 0.721. The van der Waals surface area contributed by atoms with Gasteiger partial charge in [0.25, 0.3) is 0 Å². The molecule has 0 aliphatic rings. The van der Waals surface area contributed by atoms with Gasteiger partial charge < -0.3 is 25.6 Å². The largest absolute Gasteiger partial charge is 0.480 e. The molecule has 0 rings (SSSR count).